The van der Waals surface area contributed by atoms with E-state index in [1.165, 1.54) is 43.3 Å². The Hall–Kier alpha value is -2.75. The third-order valence-corrected chi connectivity index (χ3v) is 4.88. The van der Waals surface area contributed by atoms with Gasteiger partial charge in [-0.15, -0.1) is 0 Å². The van der Waals surface area contributed by atoms with Crippen LogP contribution < -0.4 is 14.8 Å². The van der Waals surface area contributed by atoms with E-state index in [2.05, 4.69) is 10.0 Å². The molecule has 2 N–H and O–H groups in total. The normalized spacial score (nSPS) is 11.8. The van der Waals surface area contributed by atoms with Crippen molar-refractivity contribution in [2.75, 3.05) is 22.4 Å². The lowest BCUT2D eigenvalue weighted by Gasteiger charge is -2.16. The number of anilines is 2. The van der Waals surface area contributed by atoms with Crippen LogP contribution in [0.3, 0.4) is 0 Å². The van der Waals surface area contributed by atoms with Gasteiger partial charge in [0.2, 0.25) is 10.0 Å². The molecular weight excluding hydrogens is 397 g/mol. The minimum absolute atomic E-state index is 0.0301. The summed E-state index contributed by atoms with van der Waals surface area (Å²) in [6.07, 6.45) is -4.53. The lowest BCUT2D eigenvalue weighted by atomic mass is 10.1. The number of hydrogen-bond donors (Lipinski definition) is 2. The molecule has 0 bridgehead atoms. The highest BCUT2D eigenvalue weighted by Crippen LogP contribution is 2.28. The molecule has 0 aromatic heterocycles. The minimum atomic E-state index is -4.53. The number of halogens is 3. The highest BCUT2D eigenvalue weighted by molar-refractivity contribution is 7.92. The smallest absolute Gasteiger partial charge is 0.422 e. The molecule has 2 aromatic carbocycles. The third-order valence-electron chi connectivity index (χ3n) is 3.59. The number of aryl methyl sites for hydroxylation is 1. The maximum absolute atomic E-state index is 12.7. The van der Waals surface area contributed by atoms with Crippen molar-refractivity contribution in [3.8, 4) is 5.75 Å². The van der Waals surface area contributed by atoms with Gasteiger partial charge in [0.05, 0.1) is 22.7 Å². The lowest BCUT2D eigenvalue weighted by molar-refractivity contribution is -0.153. The quantitative estimate of drug-likeness (QED) is 0.716. The SMILES string of the molecule is CCS(=O)(=O)Nc1ccc(C)cc1C(=O)Nc1ccccc1OCC(F)(F)F. The molecule has 0 radical (unpaired) electrons. The summed E-state index contributed by atoms with van der Waals surface area (Å²) in [7, 11) is -3.63. The molecule has 0 aliphatic rings. The fourth-order valence-electron chi connectivity index (χ4n) is 2.22. The van der Waals surface area contributed by atoms with E-state index in [1.807, 2.05) is 0 Å². The first-order chi connectivity index (χ1) is 13.0. The van der Waals surface area contributed by atoms with Gasteiger partial charge in [-0.25, -0.2) is 8.42 Å². The predicted molar refractivity (Wildman–Crippen MR) is 100 cm³/mol. The molecule has 0 saturated carbocycles. The van der Waals surface area contributed by atoms with Crippen LogP contribution in [0.4, 0.5) is 24.5 Å². The van der Waals surface area contributed by atoms with Crippen molar-refractivity contribution in [2.24, 2.45) is 0 Å². The largest absolute Gasteiger partial charge is 0.482 e. The molecule has 0 unspecified atom stereocenters. The van der Waals surface area contributed by atoms with E-state index in [1.54, 1.807) is 13.0 Å². The summed E-state index contributed by atoms with van der Waals surface area (Å²) in [4.78, 5) is 12.7. The Morgan fingerprint density at radius 2 is 1.79 bits per heavy atom. The molecule has 10 heteroatoms. The second-order valence-electron chi connectivity index (χ2n) is 5.91. The first kappa shape index (κ1) is 21.5. The van der Waals surface area contributed by atoms with Crippen molar-refractivity contribution >= 4 is 27.3 Å². The van der Waals surface area contributed by atoms with E-state index in [4.69, 9.17) is 4.74 Å². The standard InChI is InChI=1S/C18H19F3N2O4S/c1-3-28(25,26)23-14-9-8-12(2)10-13(14)17(24)22-15-6-4-5-7-16(15)27-11-18(19,20)21/h4-10,23H,3,11H2,1-2H3,(H,22,24). The molecular formula is C18H19F3N2O4S. The van der Waals surface area contributed by atoms with E-state index in [0.29, 0.717) is 5.56 Å². The summed E-state index contributed by atoms with van der Waals surface area (Å²) in [5.74, 6) is -1.03. The van der Waals surface area contributed by atoms with Gasteiger partial charge in [-0.3, -0.25) is 9.52 Å². The molecule has 152 valence electrons. The van der Waals surface area contributed by atoms with Gasteiger partial charge in [0.15, 0.2) is 6.61 Å². The van der Waals surface area contributed by atoms with Crippen LogP contribution >= 0.6 is 0 Å². The van der Waals surface area contributed by atoms with E-state index < -0.39 is 28.7 Å². The number of rotatable bonds is 7. The van der Waals surface area contributed by atoms with Crippen LogP contribution in [0.15, 0.2) is 42.5 Å². The Bertz CT molecular complexity index is 960. The van der Waals surface area contributed by atoms with Crippen molar-refractivity contribution < 1.29 is 31.1 Å². The van der Waals surface area contributed by atoms with Gasteiger partial charge >= 0.3 is 6.18 Å². The Kier molecular flexibility index (Phi) is 6.55. The predicted octanol–water partition coefficient (Wildman–Crippen LogP) is 3.95. The van der Waals surface area contributed by atoms with E-state index in [0.717, 1.165) is 0 Å². The van der Waals surface area contributed by atoms with Crippen molar-refractivity contribution in [3.05, 3.63) is 53.6 Å². The van der Waals surface area contributed by atoms with Crippen molar-refractivity contribution in [1.82, 2.24) is 0 Å². The molecule has 1 amide bonds. The summed E-state index contributed by atoms with van der Waals surface area (Å²) in [6, 6.07) is 10.2. The van der Waals surface area contributed by atoms with Crippen LogP contribution in [-0.2, 0) is 10.0 Å². The fraction of sp³-hybridized carbons (Fsp3) is 0.278. The molecule has 0 spiro atoms. The fourth-order valence-corrected chi connectivity index (χ4v) is 2.88. The summed E-state index contributed by atoms with van der Waals surface area (Å²) in [5.41, 5.74) is 0.829. The molecule has 0 aliphatic carbocycles. The zero-order chi connectivity index (χ0) is 20.9. The van der Waals surface area contributed by atoms with Crippen LogP contribution in [-0.4, -0.2) is 32.9 Å². The zero-order valence-electron chi connectivity index (χ0n) is 15.1. The van der Waals surface area contributed by atoms with Crippen LogP contribution in [0.25, 0.3) is 0 Å². The van der Waals surface area contributed by atoms with Gasteiger partial charge < -0.3 is 10.1 Å². The number of amides is 1. The van der Waals surface area contributed by atoms with Crippen molar-refractivity contribution in [1.29, 1.82) is 0 Å². The van der Waals surface area contributed by atoms with Gasteiger partial charge in [0, 0.05) is 0 Å². The van der Waals surface area contributed by atoms with Crippen LogP contribution in [0, 0.1) is 6.92 Å². The molecule has 0 fully saturated rings. The average molecular weight is 416 g/mol. The monoisotopic (exact) mass is 416 g/mol. The summed E-state index contributed by atoms with van der Waals surface area (Å²) < 4.78 is 68.0. The van der Waals surface area contributed by atoms with Gasteiger partial charge in [0.25, 0.3) is 5.91 Å². The van der Waals surface area contributed by atoms with Crippen LogP contribution in [0.1, 0.15) is 22.8 Å². The summed E-state index contributed by atoms with van der Waals surface area (Å²) in [5, 5.41) is 2.47. The van der Waals surface area contributed by atoms with Gasteiger partial charge in [-0.05, 0) is 38.1 Å². The molecule has 0 saturated heterocycles. The number of sulfonamides is 1. The molecule has 0 atom stereocenters. The van der Waals surface area contributed by atoms with Crippen molar-refractivity contribution in [3.63, 3.8) is 0 Å². The Labute approximate surface area is 160 Å². The zero-order valence-corrected chi connectivity index (χ0v) is 15.9. The summed E-state index contributed by atoms with van der Waals surface area (Å²) in [6.45, 7) is 1.66. The van der Waals surface area contributed by atoms with Gasteiger partial charge in [-0.2, -0.15) is 13.2 Å². The highest BCUT2D eigenvalue weighted by atomic mass is 32.2. The lowest BCUT2D eigenvalue weighted by Crippen LogP contribution is -2.21. The van der Waals surface area contributed by atoms with Gasteiger partial charge in [0.1, 0.15) is 5.75 Å². The Morgan fingerprint density at radius 1 is 1.11 bits per heavy atom. The number of hydrogen-bond acceptors (Lipinski definition) is 4. The molecule has 6 nitrogen and oxygen atoms in total. The number of alkyl halides is 3. The number of para-hydroxylation sites is 2. The number of carbonyl (C=O) groups excluding carboxylic acids is 1. The maximum Gasteiger partial charge on any atom is 0.422 e. The Morgan fingerprint density at radius 3 is 2.43 bits per heavy atom. The Balaban J connectivity index is 2.30. The van der Waals surface area contributed by atoms with Crippen LogP contribution in [0.2, 0.25) is 0 Å². The van der Waals surface area contributed by atoms with E-state index in [-0.39, 0.29) is 28.4 Å². The molecule has 2 rings (SSSR count). The number of nitrogens with one attached hydrogen (secondary N) is 2. The summed E-state index contributed by atoms with van der Waals surface area (Å²) >= 11 is 0. The van der Waals surface area contributed by atoms with Gasteiger partial charge in [-0.1, -0.05) is 23.8 Å². The highest BCUT2D eigenvalue weighted by Gasteiger charge is 2.29. The van der Waals surface area contributed by atoms with Crippen LogP contribution in [0.5, 0.6) is 5.75 Å². The molecule has 0 aliphatic heterocycles. The molecule has 28 heavy (non-hydrogen) atoms. The number of ether oxygens (including phenoxy) is 1. The van der Waals surface area contributed by atoms with E-state index >= 15 is 0 Å². The third kappa shape index (κ3) is 6.15. The average Bonchev–Trinajstić information content (AvgIpc) is 2.61. The second kappa shape index (κ2) is 8.51. The number of benzene rings is 2. The topological polar surface area (TPSA) is 84.5 Å². The second-order valence-corrected chi connectivity index (χ2v) is 7.92. The van der Waals surface area contributed by atoms with Crippen molar-refractivity contribution in [2.45, 2.75) is 20.0 Å². The van der Waals surface area contributed by atoms with E-state index in [9.17, 15) is 26.4 Å². The maximum atomic E-state index is 12.7. The number of carbonyl (C=O) groups is 1. The minimum Gasteiger partial charge on any atom is -0.482 e. The molecule has 0 heterocycles. The molecule has 2 aromatic rings. The first-order valence-corrected chi connectivity index (χ1v) is 9.87. The first-order valence-electron chi connectivity index (χ1n) is 8.22.